The number of hydrogen-bond donors (Lipinski definition) is 1. The molecule has 0 radical (unpaired) electrons. The van der Waals surface area contributed by atoms with E-state index in [-0.39, 0.29) is 11.7 Å². The monoisotopic (exact) mass is 354 g/mol. The molecule has 4 heteroatoms. The lowest BCUT2D eigenvalue weighted by Gasteiger charge is -2.34. The molecule has 1 amide bonds. The minimum Gasteiger partial charge on any atom is -0.289 e. The van der Waals surface area contributed by atoms with E-state index in [1.807, 2.05) is 48.5 Å². The summed E-state index contributed by atoms with van der Waals surface area (Å²) in [7, 11) is 0. The Morgan fingerprint density at radius 2 is 1.33 bits per heavy atom. The van der Waals surface area contributed by atoms with Gasteiger partial charge in [0.05, 0.1) is 17.8 Å². The van der Waals surface area contributed by atoms with Crippen LogP contribution in [-0.2, 0) is 0 Å². The highest BCUT2D eigenvalue weighted by atomic mass is 16.2. The van der Waals surface area contributed by atoms with Crippen molar-refractivity contribution in [3.8, 4) is 0 Å². The number of nitrogens with one attached hydrogen (secondary N) is 1. The van der Waals surface area contributed by atoms with E-state index in [0.717, 1.165) is 11.3 Å². The third-order valence-electron chi connectivity index (χ3n) is 4.52. The first-order valence-corrected chi connectivity index (χ1v) is 8.77. The van der Waals surface area contributed by atoms with Gasteiger partial charge in [0.2, 0.25) is 0 Å². The lowest BCUT2D eigenvalue weighted by molar-refractivity contribution is 0.0853. The maximum Gasteiger partial charge on any atom is 0.270 e. The first-order chi connectivity index (χ1) is 13.2. The molecule has 1 aliphatic heterocycles. The molecule has 0 saturated heterocycles. The topological polar surface area (TPSA) is 49.4 Å². The number of benzene rings is 3. The van der Waals surface area contributed by atoms with Crippen LogP contribution in [0.25, 0.3) is 5.70 Å². The van der Waals surface area contributed by atoms with Gasteiger partial charge in [-0.25, -0.2) is 0 Å². The van der Waals surface area contributed by atoms with Gasteiger partial charge in [-0.05, 0) is 17.7 Å². The standard InChI is InChI=1S/C23H18N2O2/c26-22(18-11-5-2-6-12-18)19-13-7-8-14-20(19)23(27)24-25-16-15-21(25)17-9-3-1-4-10-17/h1-15H,16H2,(H,24,27). The fourth-order valence-electron chi connectivity index (χ4n) is 3.07. The number of ketones is 1. The van der Waals surface area contributed by atoms with Gasteiger partial charge in [0, 0.05) is 11.1 Å². The third-order valence-corrected chi connectivity index (χ3v) is 4.52. The molecule has 0 aromatic heterocycles. The third kappa shape index (κ3) is 3.37. The number of amides is 1. The molecule has 0 saturated carbocycles. The average molecular weight is 354 g/mol. The van der Waals surface area contributed by atoms with Gasteiger partial charge in [0.15, 0.2) is 5.78 Å². The van der Waals surface area contributed by atoms with Gasteiger partial charge in [-0.3, -0.25) is 20.0 Å². The summed E-state index contributed by atoms with van der Waals surface area (Å²) in [5.41, 5.74) is 6.22. The molecule has 3 aromatic rings. The van der Waals surface area contributed by atoms with E-state index < -0.39 is 0 Å². The van der Waals surface area contributed by atoms with E-state index in [9.17, 15) is 9.59 Å². The number of carbonyl (C=O) groups is 2. The summed E-state index contributed by atoms with van der Waals surface area (Å²) in [4.78, 5) is 25.7. The van der Waals surface area contributed by atoms with Crippen LogP contribution in [-0.4, -0.2) is 23.2 Å². The SMILES string of the molecule is O=C(NN1CC=C1c1ccccc1)c1ccccc1C(=O)c1ccccc1. The van der Waals surface area contributed by atoms with Crippen molar-refractivity contribution >= 4 is 17.4 Å². The molecule has 0 bridgehead atoms. The van der Waals surface area contributed by atoms with Crippen molar-refractivity contribution in [3.63, 3.8) is 0 Å². The molecule has 27 heavy (non-hydrogen) atoms. The molecular formula is C23H18N2O2. The summed E-state index contributed by atoms with van der Waals surface area (Å²) >= 11 is 0. The van der Waals surface area contributed by atoms with Crippen LogP contribution >= 0.6 is 0 Å². The molecule has 0 unspecified atom stereocenters. The Bertz CT molecular complexity index is 1010. The highest BCUT2D eigenvalue weighted by Gasteiger charge is 2.24. The molecule has 0 aliphatic carbocycles. The van der Waals surface area contributed by atoms with E-state index in [2.05, 4.69) is 11.5 Å². The average Bonchev–Trinajstić information content (AvgIpc) is 2.72. The first-order valence-electron chi connectivity index (χ1n) is 8.77. The Balaban J connectivity index is 1.55. The Morgan fingerprint density at radius 3 is 1.96 bits per heavy atom. The van der Waals surface area contributed by atoms with Gasteiger partial charge < -0.3 is 0 Å². The van der Waals surface area contributed by atoms with E-state index in [1.165, 1.54) is 0 Å². The molecule has 3 aromatic carbocycles. The minimum absolute atomic E-state index is 0.163. The van der Waals surface area contributed by atoms with Crippen LogP contribution in [0.2, 0.25) is 0 Å². The molecule has 4 rings (SSSR count). The predicted octanol–water partition coefficient (Wildman–Crippen LogP) is 3.92. The van der Waals surface area contributed by atoms with Crippen molar-refractivity contribution in [2.75, 3.05) is 6.54 Å². The Morgan fingerprint density at radius 1 is 0.741 bits per heavy atom. The molecule has 1 N–H and O–H groups in total. The van der Waals surface area contributed by atoms with Crippen molar-refractivity contribution < 1.29 is 9.59 Å². The highest BCUT2D eigenvalue weighted by molar-refractivity contribution is 6.15. The second kappa shape index (κ2) is 7.30. The molecule has 1 aliphatic rings. The van der Waals surface area contributed by atoms with Crippen molar-refractivity contribution in [1.29, 1.82) is 0 Å². The smallest absolute Gasteiger partial charge is 0.270 e. The van der Waals surface area contributed by atoms with Crippen molar-refractivity contribution in [3.05, 3.63) is 113 Å². The Hall–Kier alpha value is -3.66. The molecule has 4 nitrogen and oxygen atoms in total. The van der Waals surface area contributed by atoms with E-state index >= 15 is 0 Å². The lowest BCUT2D eigenvalue weighted by atomic mass is 9.98. The number of hydrazine groups is 1. The Labute approximate surface area is 157 Å². The van der Waals surface area contributed by atoms with Crippen LogP contribution in [0.5, 0.6) is 0 Å². The van der Waals surface area contributed by atoms with Gasteiger partial charge in [0.25, 0.3) is 5.91 Å². The van der Waals surface area contributed by atoms with E-state index in [1.54, 1.807) is 41.4 Å². The first kappa shape index (κ1) is 16.8. The zero-order valence-electron chi connectivity index (χ0n) is 14.6. The Kier molecular flexibility index (Phi) is 4.54. The van der Waals surface area contributed by atoms with Crippen LogP contribution in [0.15, 0.2) is 91.0 Å². The summed E-state index contributed by atoms with van der Waals surface area (Å²) in [6.45, 7) is 0.630. The largest absolute Gasteiger partial charge is 0.289 e. The molecular weight excluding hydrogens is 336 g/mol. The summed E-state index contributed by atoms with van der Waals surface area (Å²) in [5, 5.41) is 1.79. The van der Waals surface area contributed by atoms with Crippen LogP contribution in [0, 0.1) is 0 Å². The van der Waals surface area contributed by atoms with Crippen LogP contribution in [0.1, 0.15) is 31.8 Å². The maximum atomic E-state index is 12.8. The van der Waals surface area contributed by atoms with Crippen molar-refractivity contribution in [2.45, 2.75) is 0 Å². The van der Waals surface area contributed by atoms with E-state index in [0.29, 0.717) is 23.2 Å². The normalized spacial score (nSPS) is 12.7. The maximum absolute atomic E-state index is 12.8. The zero-order chi connectivity index (χ0) is 18.6. The molecule has 1 heterocycles. The second-order valence-corrected chi connectivity index (χ2v) is 6.25. The number of nitrogens with zero attached hydrogens (tertiary/aromatic N) is 1. The fourth-order valence-corrected chi connectivity index (χ4v) is 3.07. The van der Waals surface area contributed by atoms with E-state index in [4.69, 9.17) is 0 Å². The van der Waals surface area contributed by atoms with Crippen LogP contribution < -0.4 is 5.43 Å². The quantitative estimate of drug-likeness (QED) is 0.707. The fraction of sp³-hybridized carbons (Fsp3) is 0.0435. The van der Waals surface area contributed by atoms with Gasteiger partial charge in [-0.15, -0.1) is 0 Å². The van der Waals surface area contributed by atoms with Gasteiger partial charge in [-0.2, -0.15) is 0 Å². The number of carbonyl (C=O) groups excluding carboxylic acids is 2. The van der Waals surface area contributed by atoms with Crippen molar-refractivity contribution in [1.82, 2.24) is 10.4 Å². The predicted molar refractivity (Wildman–Crippen MR) is 105 cm³/mol. The number of hydrogen-bond acceptors (Lipinski definition) is 3. The summed E-state index contributed by atoms with van der Waals surface area (Å²) in [6, 6.07) is 25.8. The molecule has 0 fully saturated rings. The molecule has 0 atom stereocenters. The van der Waals surface area contributed by atoms with Gasteiger partial charge >= 0.3 is 0 Å². The lowest BCUT2D eigenvalue weighted by Crippen LogP contribution is -2.45. The van der Waals surface area contributed by atoms with Crippen molar-refractivity contribution in [2.24, 2.45) is 0 Å². The van der Waals surface area contributed by atoms with Crippen LogP contribution in [0.4, 0.5) is 0 Å². The molecule has 0 spiro atoms. The summed E-state index contributed by atoms with van der Waals surface area (Å²) < 4.78 is 0. The second-order valence-electron chi connectivity index (χ2n) is 6.25. The zero-order valence-corrected chi connectivity index (χ0v) is 14.6. The van der Waals surface area contributed by atoms with Gasteiger partial charge in [0.1, 0.15) is 0 Å². The minimum atomic E-state index is -0.295. The number of rotatable bonds is 5. The van der Waals surface area contributed by atoms with Gasteiger partial charge in [-0.1, -0.05) is 78.9 Å². The highest BCUT2D eigenvalue weighted by Crippen LogP contribution is 2.24. The summed E-state index contributed by atoms with van der Waals surface area (Å²) in [6.07, 6.45) is 2.05. The molecule has 132 valence electrons. The van der Waals surface area contributed by atoms with Crippen LogP contribution in [0.3, 0.4) is 0 Å². The summed E-state index contributed by atoms with van der Waals surface area (Å²) in [5.74, 6) is -0.458.